The second-order valence-corrected chi connectivity index (χ2v) is 0.500. The third-order valence-electron chi connectivity index (χ3n) is 0.125. The highest BCUT2D eigenvalue weighted by atomic mass is 16.3. The van der Waals surface area contributed by atoms with E-state index >= 15 is 0 Å². The molecule has 0 saturated carbocycles. The maximum Gasteiger partial charge on any atom is 0.213 e. The van der Waals surface area contributed by atoms with Crippen molar-refractivity contribution in [2.75, 3.05) is 13.2 Å². The SMILES string of the molecule is [OH2+]CC[OH2+]. The average molecular weight is 64.1 g/mol. The molecular formula is C2H8O2+2. The van der Waals surface area contributed by atoms with Gasteiger partial charge in [-0.3, -0.25) is 0 Å². The van der Waals surface area contributed by atoms with E-state index in [1.807, 2.05) is 0 Å². The van der Waals surface area contributed by atoms with E-state index in [4.69, 9.17) is 10.2 Å². The van der Waals surface area contributed by atoms with Crippen molar-refractivity contribution in [2.45, 2.75) is 0 Å². The molecule has 0 fully saturated rings. The van der Waals surface area contributed by atoms with Crippen LogP contribution in [0.5, 0.6) is 0 Å². The van der Waals surface area contributed by atoms with Gasteiger partial charge in [0.05, 0.1) is 0 Å². The minimum absolute atomic E-state index is 0.236. The molecule has 0 aromatic carbocycles. The summed E-state index contributed by atoms with van der Waals surface area (Å²) < 4.78 is 0. The standard InChI is InChI=1S/C2H6O2/c3-1-2-4/h3-4H,1-2H2/p+2. The normalized spacial score (nSPS) is 7.50. The molecule has 0 radical (unpaired) electrons. The van der Waals surface area contributed by atoms with E-state index in [-0.39, 0.29) is 13.2 Å². The van der Waals surface area contributed by atoms with Gasteiger partial charge < -0.3 is 10.2 Å². The highest BCUT2D eigenvalue weighted by molar-refractivity contribution is 4.06. The number of rotatable bonds is 1. The highest BCUT2D eigenvalue weighted by Crippen LogP contribution is 1.39. The minimum Gasteiger partial charge on any atom is -0.440 e. The Morgan fingerprint density at radius 2 is 1.25 bits per heavy atom. The van der Waals surface area contributed by atoms with Gasteiger partial charge in [-0.15, -0.1) is 0 Å². The van der Waals surface area contributed by atoms with E-state index in [9.17, 15) is 0 Å². The average Bonchev–Trinajstić information content (AvgIpc) is 1.37. The molecule has 0 aliphatic heterocycles. The van der Waals surface area contributed by atoms with Gasteiger partial charge in [-0.2, -0.15) is 0 Å². The number of hydrogen-bond acceptors (Lipinski definition) is 0. The van der Waals surface area contributed by atoms with Crippen molar-refractivity contribution in [2.24, 2.45) is 0 Å². The maximum absolute atomic E-state index is 6.26. The Morgan fingerprint density at radius 3 is 1.25 bits per heavy atom. The lowest BCUT2D eigenvalue weighted by Gasteiger charge is -1.63. The minimum atomic E-state index is 0.236. The first-order chi connectivity index (χ1) is 1.91. The Labute approximate surface area is 24.7 Å². The predicted molar refractivity (Wildman–Crippen MR) is 17.0 cm³/mol. The van der Waals surface area contributed by atoms with Crippen LogP contribution in [0.15, 0.2) is 0 Å². The lowest BCUT2D eigenvalue weighted by atomic mass is 10.8. The van der Waals surface area contributed by atoms with Crippen LogP contribution in [0.2, 0.25) is 0 Å². The van der Waals surface area contributed by atoms with Crippen molar-refractivity contribution in [1.82, 2.24) is 0 Å². The van der Waals surface area contributed by atoms with E-state index in [0.717, 1.165) is 0 Å². The zero-order chi connectivity index (χ0) is 3.41. The summed E-state index contributed by atoms with van der Waals surface area (Å²) in [6, 6.07) is 0. The monoisotopic (exact) mass is 64.1 g/mol. The van der Waals surface area contributed by atoms with Crippen LogP contribution in [-0.2, 0) is 0 Å². The fourth-order valence-corrected chi connectivity index (χ4v) is 0. The Bertz CT molecular complexity index is 6.00. The molecular weight excluding hydrogens is 56.0 g/mol. The Morgan fingerprint density at radius 1 is 1.00 bits per heavy atom. The van der Waals surface area contributed by atoms with Gasteiger partial charge in [0.25, 0.3) is 0 Å². The first-order valence-electron chi connectivity index (χ1n) is 1.21. The van der Waals surface area contributed by atoms with Crippen LogP contribution in [-0.4, -0.2) is 23.4 Å². The van der Waals surface area contributed by atoms with E-state index in [0.29, 0.717) is 0 Å². The Hall–Kier alpha value is -0.0800. The van der Waals surface area contributed by atoms with Crippen molar-refractivity contribution < 1.29 is 10.2 Å². The van der Waals surface area contributed by atoms with Gasteiger partial charge in [0.2, 0.25) is 13.2 Å². The molecule has 2 heteroatoms. The highest BCUT2D eigenvalue weighted by Gasteiger charge is 1.68. The summed E-state index contributed by atoms with van der Waals surface area (Å²) in [6.07, 6.45) is 0. The molecule has 0 amide bonds. The van der Waals surface area contributed by atoms with Crippen LogP contribution < -0.4 is 0 Å². The summed E-state index contributed by atoms with van der Waals surface area (Å²) in [6.45, 7) is 0.472. The van der Waals surface area contributed by atoms with E-state index in [1.54, 1.807) is 0 Å². The molecule has 0 heterocycles. The molecule has 4 N–H and O–H groups in total. The van der Waals surface area contributed by atoms with E-state index < -0.39 is 0 Å². The Kier molecular flexibility index (Phi) is 2.86. The van der Waals surface area contributed by atoms with E-state index in [1.165, 1.54) is 0 Å². The van der Waals surface area contributed by atoms with Gasteiger partial charge in [0.15, 0.2) is 0 Å². The fourth-order valence-electron chi connectivity index (χ4n) is 0. The lowest BCUT2D eigenvalue weighted by molar-refractivity contribution is 0.186. The molecule has 0 saturated heterocycles. The topological polar surface area (TPSA) is 45.8 Å². The zero-order valence-electron chi connectivity index (χ0n) is 2.41. The molecule has 2 nitrogen and oxygen atoms in total. The zero-order valence-corrected chi connectivity index (χ0v) is 2.41. The van der Waals surface area contributed by atoms with Gasteiger partial charge in [0, 0.05) is 0 Å². The second kappa shape index (κ2) is 2.92. The first-order valence-corrected chi connectivity index (χ1v) is 1.21. The van der Waals surface area contributed by atoms with Crippen molar-refractivity contribution in [3.63, 3.8) is 0 Å². The van der Waals surface area contributed by atoms with Gasteiger partial charge >= 0.3 is 0 Å². The van der Waals surface area contributed by atoms with Crippen LogP contribution in [0, 0.1) is 0 Å². The van der Waals surface area contributed by atoms with Crippen LogP contribution in [0.3, 0.4) is 0 Å². The largest absolute Gasteiger partial charge is 0.440 e. The van der Waals surface area contributed by atoms with Crippen LogP contribution in [0.4, 0.5) is 0 Å². The molecule has 0 bridgehead atoms. The first kappa shape index (κ1) is 3.92. The summed E-state index contributed by atoms with van der Waals surface area (Å²) in [7, 11) is 0. The molecule has 0 rings (SSSR count). The predicted octanol–water partition coefficient (Wildman–Crippen LogP) is -1.56. The smallest absolute Gasteiger partial charge is 0.213 e. The third-order valence-corrected chi connectivity index (χ3v) is 0.125. The Balaban J connectivity index is 1.97. The van der Waals surface area contributed by atoms with Crippen molar-refractivity contribution in [3.05, 3.63) is 0 Å². The molecule has 0 aliphatic rings. The molecule has 0 spiro atoms. The van der Waals surface area contributed by atoms with E-state index in [2.05, 4.69) is 0 Å². The molecule has 4 heavy (non-hydrogen) atoms. The maximum atomic E-state index is 6.26. The fraction of sp³-hybridized carbons (Fsp3) is 1.00. The van der Waals surface area contributed by atoms with Crippen LogP contribution in [0.1, 0.15) is 0 Å². The quantitative estimate of drug-likeness (QED) is 0.331. The molecule has 0 aromatic rings. The summed E-state index contributed by atoms with van der Waals surface area (Å²) in [5, 5.41) is 12.5. The summed E-state index contributed by atoms with van der Waals surface area (Å²) in [4.78, 5) is 0. The molecule has 0 unspecified atom stereocenters. The molecule has 0 atom stereocenters. The van der Waals surface area contributed by atoms with Crippen LogP contribution >= 0.6 is 0 Å². The summed E-state index contributed by atoms with van der Waals surface area (Å²) in [5.74, 6) is 0. The second-order valence-electron chi connectivity index (χ2n) is 0.500. The van der Waals surface area contributed by atoms with Crippen molar-refractivity contribution in [1.29, 1.82) is 0 Å². The molecule has 0 aromatic heterocycles. The van der Waals surface area contributed by atoms with Crippen molar-refractivity contribution >= 4 is 0 Å². The summed E-state index contributed by atoms with van der Waals surface area (Å²) >= 11 is 0. The van der Waals surface area contributed by atoms with Crippen molar-refractivity contribution in [3.8, 4) is 0 Å². The van der Waals surface area contributed by atoms with Gasteiger partial charge in [-0.25, -0.2) is 0 Å². The molecule has 26 valence electrons. The third kappa shape index (κ3) is 1.92. The summed E-state index contributed by atoms with van der Waals surface area (Å²) in [5.41, 5.74) is 0. The van der Waals surface area contributed by atoms with Crippen LogP contribution in [0.25, 0.3) is 0 Å². The van der Waals surface area contributed by atoms with Gasteiger partial charge in [-0.05, 0) is 0 Å². The number of hydrogen-bond donors (Lipinski definition) is 0. The molecule has 0 aliphatic carbocycles. The van der Waals surface area contributed by atoms with Gasteiger partial charge in [0.1, 0.15) is 0 Å². The van der Waals surface area contributed by atoms with Gasteiger partial charge in [-0.1, -0.05) is 0 Å². The lowest BCUT2D eigenvalue weighted by Crippen LogP contribution is -1.85.